The average molecular weight is 433 g/mol. The van der Waals surface area contributed by atoms with Gasteiger partial charge in [0, 0.05) is 23.6 Å². The average Bonchev–Trinajstić information content (AvgIpc) is 3.28. The molecule has 0 radical (unpaired) electrons. The quantitative estimate of drug-likeness (QED) is 0.501. The number of cyclic esters (lactones) is 1. The molecule has 32 heavy (non-hydrogen) atoms. The third-order valence-corrected chi connectivity index (χ3v) is 6.57. The molecule has 0 spiro atoms. The molecule has 2 aromatic carbocycles. The number of methoxy groups -OCH3 is 2. The zero-order chi connectivity index (χ0) is 22.1. The van der Waals surface area contributed by atoms with E-state index in [4.69, 9.17) is 19.2 Å². The number of ether oxygens (including phenoxy) is 3. The lowest BCUT2D eigenvalue weighted by molar-refractivity contribution is 0.181. The first-order valence-electron chi connectivity index (χ1n) is 11.3. The van der Waals surface area contributed by atoms with Crippen LogP contribution in [0.25, 0.3) is 22.0 Å². The predicted octanol–water partition coefficient (Wildman–Crippen LogP) is 5.92. The highest BCUT2D eigenvalue weighted by molar-refractivity contribution is 6.10. The number of anilines is 1. The summed E-state index contributed by atoms with van der Waals surface area (Å²) in [4.78, 5) is 19.8. The van der Waals surface area contributed by atoms with Crippen LogP contribution in [0.2, 0.25) is 0 Å². The molecule has 0 bridgehead atoms. The molecule has 5 rings (SSSR count). The lowest BCUT2D eigenvalue weighted by Gasteiger charge is -2.28. The monoisotopic (exact) mass is 432 g/mol. The van der Waals surface area contributed by atoms with Crippen molar-refractivity contribution in [2.75, 3.05) is 32.3 Å². The standard InChI is InChI=1S/C26H28N2O4/c1-30-19-15-20-23(21(16-19)31-2)25(28-13-14-32-26(28)29)22(17-9-5-3-6-10-17)24(27-20)18-11-7-4-8-12-18/h3,5-6,9-10,15-16,18H,4,7-8,11-14H2,1-2H3. The summed E-state index contributed by atoms with van der Waals surface area (Å²) in [5, 5.41) is 0.811. The van der Waals surface area contributed by atoms with Crippen molar-refractivity contribution in [2.24, 2.45) is 0 Å². The van der Waals surface area contributed by atoms with Gasteiger partial charge in [0.1, 0.15) is 18.1 Å². The number of carbonyl (C=O) groups excluding carboxylic acids is 1. The molecule has 1 saturated heterocycles. The van der Waals surface area contributed by atoms with Gasteiger partial charge in [-0.25, -0.2) is 4.79 Å². The topological polar surface area (TPSA) is 60.9 Å². The molecule has 0 unspecified atom stereocenters. The Kier molecular flexibility index (Phi) is 5.60. The molecule has 166 valence electrons. The highest BCUT2D eigenvalue weighted by atomic mass is 16.6. The molecule has 6 heteroatoms. The molecular weight excluding hydrogens is 404 g/mol. The Hall–Kier alpha value is -3.28. The van der Waals surface area contributed by atoms with Crippen LogP contribution in [0.5, 0.6) is 11.5 Å². The van der Waals surface area contributed by atoms with Gasteiger partial charge in [0.05, 0.1) is 43.0 Å². The van der Waals surface area contributed by atoms with Crippen LogP contribution < -0.4 is 14.4 Å². The summed E-state index contributed by atoms with van der Waals surface area (Å²) in [6.45, 7) is 0.866. The van der Waals surface area contributed by atoms with Crippen molar-refractivity contribution >= 4 is 22.7 Å². The summed E-state index contributed by atoms with van der Waals surface area (Å²) in [6.07, 6.45) is 5.52. The SMILES string of the molecule is COc1cc(OC)c2c(N3CCOC3=O)c(-c3ccccc3)c(C3CCCCC3)nc2c1. The first-order chi connectivity index (χ1) is 15.7. The van der Waals surface area contributed by atoms with Crippen molar-refractivity contribution in [3.05, 3.63) is 48.2 Å². The summed E-state index contributed by atoms with van der Waals surface area (Å²) in [5.74, 6) is 1.66. The molecule has 2 heterocycles. The van der Waals surface area contributed by atoms with E-state index in [0.717, 1.165) is 46.3 Å². The molecule has 0 atom stereocenters. The first kappa shape index (κ1) is 20.6. The van der Waals surface area contributed by atoms with Gasteiger partial charge in [0.15, 0.2) is 0 Å². The molecule has 2 aliphatic rings. The number of benzene rings is 2. The smallest absolute Gasteiger partial charge is 0.414 e. The Morgan fingerprint density at radius 1 is 1.03 bits per heavy atom. The molecule has 1 aliphatic heterocycles. The number of hydrogen-bond acceptors (Lipinski definition) is 5. The Bertz CT molecular complexity index is 1140. The van der Waals surface area contributed by atoms with Crippen molar-refractivity contribution in [3.63, 3.8) is 0 Å². The van der Waals surface area contributed by atoms with Gasteiger partial charge in [0.25, 0.3) is 0 Å². The van der Waals surface area contributed by atoms with E-state index in [1.54, 1.807) is 19.1 Å². The molecule has 1 aromatic heterocycles. The van der Waals surface area contributed by atoms with Crippen LogP contribution in [0, 0.1) is 0 Å². The fourth-order valence-corrected chi connectivity index (χ4v) is 5.04. The van der Waals surface area contributed by atoms with Crippen LogP contribution in [-0.2, 0) is 4.74 Å². The molecular formula is C26H28N2O4. The predicted molar refractivity (Wildman–Crippen MR) is 125 cm³/mol. The number of nitrogens with zero attached hydrogens (tertiary/aromatic N) is 2. The Morgan fingerprint density at radius 2 is 1.81 bits per heavy atom. The van der Waals surface area contributed by atoms with Crippen LogP contribution in [0.1, 0.15) is 43.7 Å². The van der Waals surface area contributed by atoms with Gasteiger partial charge in [-0.2, -0.15) is 0 Å². The molecule has 2 fully saturated rings. The molecule has 6 nitrogen and oxygen atoms in total. The second-order valence-corrected chi connectivity index (χ2v) is 8.41. The number of fused-ring (bicyclic) bond motifs is 1. The van der Waals surface area contributed by atoms with Gasteiger partial charge in [-0.1, -0.05) is 49.6 Å². The summed E-state index contributed by atoms with van der Waals surface area (Å²) >= 11 is 0. The molecule has 1 aliphatic carbocycles. The van der Waals surface area contributed by atoms with E-state index in [2.05, 4.69) is 12.1 Å². The minimum absolute atomic E-state index is 0.331. The number of aromatic nitrogens is 1. The Balaban J connectivity index is 1.90. The maximum Gasteiger partial charge on any atom is 0.414 e. The Labute approximate surface area is 188 Å². The van der Waals surface area contributed by atoms with Gasteiger partial charge in [0.2, 0.25) is 0 Å². The number of rotatable bonds is 5. The lowest BCUT2D eigenvalue weighted by atomic mass is 9.82. The largest absolute Gasteiger partial charge is 0.497 e. The number of amides is 1. The van der Waals surface area contributed by atoms with E-state index in [1.165, 1.54) is 19.3 Å². The minimum Gasteiger partial charge on any atom is -0.497 e. The molecule has 1 amide bonds. The third-order valence-electron chi connectivity index (χ3n) is 6.57. The maximum absolute atomic E-state index is 12.8. The highest BCUT2D eigenvalue weighted by Crippen LogP contribution is 2.48. The van der Waals surface area contributed by atoms with Crippen LogP contribution in [0.3, 0.4) is 0 Å². The zero-order valence-corrected chi connectivity index (χ0v) is 18.6. The number of pyridine rings is 1. The van der Waals surface area contributed by atoms with Crippen molar-refractivity contribution in [1.29, 1.82) is 0 Å². The first-order valence-corrected chi connectivity index (χ1v) is 11.3. The van der Waals surface area contributed by atoms with Gasteiger partial charge < -0.3 is 14.2 Å². The second-order valence-electron chi connectivity index (χ2n) is 8.41. The van der Waals surface area contributed by atoms with Crippen LogP contribution in [-0.4, -0.2) is 38.4 Å². The van der Waals surface area contributed by atoms with Gasteiger partial charge in [-0.15, -0.1) is 0 Å². The minimum atomic E-state index is -0.331. The molecule has 0 N–H and O–H groups in total. The second kappa shape index (κ2) is 8.69. The van der Waals surface area contributed by atoms with E-state index in [0.29, 0.717) is 30.6 Å². The number of carbonyl (C=O) groups is 1. The zero-order valence-electron chi connectivity index (χ0n) is 18.6. The van der Waals surface area contributed by atoms with Crippen molar-refractivity contribution in [3.8, 4) is 22.6 Å². The summed E-state index contributed by atoms with van der Waals surface area (Å²) < 4.78 is 16.7. The van der Waals surface area contributed by atoms with E-state index in [1.807, 2.05) is 30.3 Å². The molecule has 1 saturated carbocycles. The maximum atomic E-state index is 12.8. The van der Waals surface area contributed by atoms with E-state index < -0.39 is 0 Å². The van der Waals surface area contributed by atoms with Crippen LogP contribution in [0.15, 0.2) is 42.5 Å². The highest BCUT2D eigenvalue weighted by Gasteiger charge is 2.33. The number of hydrogen-bond donors (Lipinski definition) is 0. The van der Waals surface area contributed by atoms with Crippen LogP contribution in [0.4, 0.5) is 10.5 Å². The van der Waals surface area contributed by atoms with E-state index >= 15 is 0 Å². The van der Waals surface area contributed by atoms with E-state index in [9.17, 15) is 4.79 Å². The van der Waals surface area contributed by atoms with E-state index in [-0.39, 0.29) is 6.09 Å². The Morgan fingerprint density at radius 3 is 2.47 bits per heavy atom. The van der Waals surface area contributed by atoms with Crippen molar-refractivity contribution < 1.29 is 19.0 Å². The normalized spacial score (nSPS) is 16.9. The lowest BCUT2D eigenvalue weighted by Crippen LogP contribution is -2.25. The van der Waals surface area contributed by atoms with Crippen LogP contribution >= 0.6 is 0 Å². The molecule has 3 aromatic rings. The summed E-state index contributed by atoms with van der Waals surface area (Å²) in [7, 11) is 3.28. The fraction of sp³-hybridized carbons (Fsp3) is 0.385. The van der Waals surface area contributed by atoms with Gasteiger partial charge in [-0.05, 0) is 18.4 Å². The third kappa shape index (κ3) is 3.53. The fourth-order valence-electron chi connectivity index (χ4n) is 5.04. The van der Waals surface area contributed by atoms with Gasteiger partial charge in [-0.3, -0.25) is 9.88 Å². The van der Waals surface area contributed by atoms with Crippen molar-refractivity contribution in [1.82, 2.24) is 4.98 Å². The van der Waals surface area contributed by atoms with Crippen molar-refractivity contribution in [2.45, 2.75) is 38.0 Å². The summed E-state index contributed by atoms with van der Waals surface area (Å²) in [5.41, 5.74) is 4.70. The van der Waals surface area contributed by atoms with Gasteiger partial charge >= 0.3 is 6.09 Å². The summed E-state index contributed by atoms with van der Waals surface area (Å²) in [6, 6.07) is 14.0.